The van der Waals surface area contributed by atoms with Crippen molar-refractivity contribution in [2.45, 2.75) is 225 Å². The van der Waals surface area contributed by atoms with E-state index in [0.29, 0.717) is 70.6 Å². The van der Waals surface area contributed by atoms with Crippen LogP contribution in [0.25, 0.3) is 0 Å². The predicted octanol–water partition coefficient (Wildman–Crippen LogP) is 14.3. The SMILES string of the molecule is CC(=O)N1CCN(c2ccc(OCC3COC(C)(C4=CC=CC4)O3)cc2)CC1.CC(=O)N1CCN(c2ccc(OCC3COC(C)(C4CCCCC4)O3)cc2)CC1.CCCC1(C2CCCC2)OCC(COc2ccc(N3CCN(C(C)=O)CC3)cc2)O1.CCCCC1(C2CCCC2)OCC(COc2ccc(N3CCN(C(C)=O)CC3)cc2)O1. The number of piperazine rings is 4. The van der Waals surface area contributed by atoms with Crippen molar-refractivity contribution in [3.05, 3.63) is 121 Å². The Kier molecular flexibility index (Phi) is 31.5. The number of ether oxygens (including phenoxy) is 12. The zero-order chi connectivity index (χ0) is 82.5. The highest BCUT2D eigenvalue weighted by Crippen LogP contribution is 2.47. The molecular formula is C94H136N8O16. The van der Waals surface area contributed by atoms with E-state index in [4.69, 9.17) is 56.8 Å². The highest BCUT2D eigenvalue weighted by atomic mass is 16.8. The number of benzene rings is 4. The van der Waals surface area contributed by atoms with E-state index < -0.39 is 11.6 Å². The first kappa shape index (κ1) is 88.1. The van der Waals surface area contributed by atoms with E-state index in [1.165, 1.54) is 107 Å². The van der Waals surface area contributed by atoms with Gasteiger partial charge in [0.15, 0.2) is 23.1 Å². The Bertz CT molecular complexity index is 3840. The minimum absolute atomic E-state index is 0.00297. The van der Waals surface area contributed by atoms with Crippen molar-refractivity contribution in [1.29, 1.82) is 0 Å². The maximum atomic E-state index is 11.5. The van der Waals surface area contributed by atoms with E-state index >= 15 is 0 Å². The number of nitrogens with zero attached hydrogens (tertiary/aromatic N) is 8. The summed E-state index contributed by atoms with van der Waals surface area (Å²) in [5.74, 6) is 3.75. The third-order valence-corrected chi connectivity index (χ3v) is 26.2. The Hall–Kier alpha value is -7.68. The second-order valence-corrected chi connectivity index (χ2v) is 34.5. The van der Waals surface area contributed by atoms with Gasteiger partial charge in [-0.2, -0.15) is 0 Å². The van der Waals surface area contributed by atoms with Crippen LogP contribution >= 0.6 is 0 Å². The average molecular weight is 1630 g/mol. The smallest absolute Gasteiger partial charge is 0.219 e. The van der Waals surface area contributed by atoms with Gasteiger partial charge in [0.05, 0.1) is 26.4 Å². The molecule has 8 saturated heterocycles. The lowest BCUT2D eigenvalue weighted by Crippen LogP contribution is -2.48. The standard InChI is InChI=1S/C25H38N2O4.C24H36N2O4.C23H34N2O4.C22H28N2O4/c1-3-4-13-25(21-7-5-6-8-21)30-19-24(31-25)18-29-23-11-9-22(10-12-23)27-16-14-26(15-17-27)20(2)28;1-3-12-24(20-6-4-5-7-20)29-18-23(30-24)17-28-22-10-8-21(9-11-22)26-15-13-25(14-16-26)19(2)27;1-18(26)24-12-14-25(15-13-24)20-8-10-21(11-9-20)27-16-22-17-28-23(2,29-22)19-6-4-3-5-7-19;1-17(25)23-11-13-24(14-12-23)19-7-9-20(10-8-19)26-15-21-16-27-22(2,28-21)18-5-3-4-6-18/h9-12,21,24H,3-8,13-19H2,1-2H3;8-11,20,23H,3-7,12-18H2,1-2H3;8-11,19,22H,3-7,12-17H2,1-2H3;3-5,7-10,21H,6,11-16H2,1-2H3. The third-order valence-electron chi connectivity index (χ3n) is 26.2. The van der Waals surface area contributed by atoms with Crippen LogP contribution < -0.4 is 38.5 Å². The summed E-state index contributed by atoms with van der Waals surface area (Å²) in [7, 11) is 0. The summed E-state index contributed by atoms with van der Waals surface area (Å²) in [5, 5.41) is 0. The Morgan fingerprint density at radius 1 is 0.364 bits per heavy atom. The Labute approximate surface area is 702 Å². The monoisotopic (exact) mass is 1630 g/mol. The van der Waals surface area contributed by atoms with Crippen LogP contribution in [0.5, 0.6) is 23.0 Å². The number of amides is 4. The number of hydrogen-bond donors (Lipinski definition) is 0. The molecule has 8 unspecified atom stereocenters. The van der Waals surface area contributed by atoms with Crippen molar-refractivity contribution in [2.75, 3.05) is 177 Å². The topological polar surface area (TPSA) is 205 Å². The average Bonchev–Trinajstić information content (AvgIpc) is 1.65. The number of allylic oxidation sites excluding steroid dienone is 3. The molecular weight excluding hydrogens is 1500 g/mol. The lowest BCUT2D eigenvalue weighted by atomic mass is 9.84. The van der Waals surface area contributed by atoms with Crippen molar-refractivity contribution in [3.8, 4) is 23.0 Å². The summed E-state index contributed by atoms with van der Waals surface area (Å²) < 4.78 is 73.9. The fourth-order valence-electron chi connectivity index (χ4n) is 19.1. The van der Waals surface area contributed by atoms with Gasteiger partial charge >= 0.3 is 0 Å². The molecule has 16 rings (SSSR count). The van der Waals surface area contributed by atoms with Crippen molar-refractivity contribution in [2.24, 2.45) is 17.8 Å². The van der Waals surface area contributed by atoms with Crippen LogP contribution in [0.3, 0.4) is 0 Å². The summed E-state index contributed by atoms with van der Waals surface area (Å²) >= 11 is 0. The van der Waals surface area contributed by atoms with Crippen molar-refractivity contribution >= 4 is 46.4 Å². The number of hydrogen-bond acceptors (Lipinski definition) is 20. The van der Waals surface area contributed by atoms with Crippen LogP contribution in [-0.4, -0.2) is 248 Å². The van der Waals surface area contributed by atoms with E-state index in [1.807, 2.05) is 81.1 Å². The number of carbonyl (C=O) groups excluding carboxylic acids is 4. The van der Waals surface area contributed by atoms with Crippen LogP contribution in [0, 0.1) is 17.8 Å². The van der Waals surface area contributed by atoms with E-state index in [9.17, 15) is 19.2 Å². The Morgan fingerprint density at radius 3 is 1.01 bits per heavy atom. The van der Waals surface area contributed by atoms with Crippen LogP contribution in [0.2, 0.25) is 0 Å². The largest absolute Gasteiger partial charge is 0.491 e. The summed E-state index contributed by atoms with van der Waals surface area (Å²) in [6, 6.07) is 32.9. The summed E-state index contributed by atoms with van der Waals surface area (Å²) in [6.45, 7) is 32.6. The first-order valence-corrected chi connectivity index (χ1v) is 44.8. The van der Waals surface area contributed by atoms with Crippen LogP contribution in [0.4, 0.5) is 22.7 Å². The molecule has 118 heavy (non-hydrogen) atoms. The summed E-state index contributed by atoms with van der Waals surface area (Å²) in [6.07, 6.45) is 28.7. The zero-order valence-corrected chi connectivity index (χ0v) is 72.0. The molecule has 11 fully saturated rings. The maximum Gasteiger partial charge on any atom is 0.219 e. The molecule has 8 heterocycles. The molecule has 0 radical (unpaired) electrons. The highest BCUT2D eigenvalue weighted by molar-refractivity contribution is 5.75. The fraction of sp³-hybridized carbons (Fsp3) is 0.660. The highest BCUT2D eigenvalue weighted by Gasteiger charge is 2.50. The van der Waals surface area contributed by atoms with Crippen molar-refractivity contribution in [3.63, 3.8) is 0 Å². The molecule has 24 nitrogen and oxygen atoms in total. The van der Waals surface area contributed by atoms with Gasteiger partial charge in [-0.1, -0.05) is 89.9 Å². The molecule has 0 bridgehead atoms. The summed E-state index contributed by atoms with van der Waals surface area (Å²) in [5.41, 5.74) is 5.84. The molecule has 4 aromatic carbocycles. The lowest BCUT2D eigenvalue weighted by molar-refractivity contribution is -0.211. The van der Waals surface area contributed by atoms with Gasteiger partial charge in [-0.15, -0.1) is 0 Å². The van der Waals surface area contributed by atoms with Gasteiger partial charge in [-0.25, -0.2) is 0 Å². The number of unbranched alkanes of at least 4 members (excludes halogenated alkanes) is 1. The van der Waals surface area contributed by atoms with Gasteiger partial charge < -0.3 is 96.0 Å². The number of rotatable bonds is 25. The molecule has 24 heteroatoms. The molecule has 8 aliphatic heterocycles. The Morgan fingerprint density at radius 2 is 0.678 bits per heavy atom. The van der Waals surface area contributed by atoms with Crippen LogP contribution in [0.1, 0.15) is 177 Å². The number of anilines is 4. The molecule has 8 atom stereocenters. The van der Waals surface area contributed by atoms with Crippen LogP contribution in [-0.2, 0) is 57.1 Å². The molecule has 0 N–H and O–H groups in total. The molecule has 0 spiro atoms. The van der Waals surface area contributed by atoms with E-state index in [-0.39, 0.29) is 59.6 Å². The first-order valence-electron chi connectivity index (χ1n) is 44.8. The molecule has 648 valence electrons. The molecule has 4 aromatic rings. The molecule has 4 amide bonds. The molecule has 0 aromatic heterocycles. The maximum absolute atomic E-state index is 11.5. The van der Waals surface area contributed by atoms with Gasteiger partial charge in [0.25, 0.3) is 0 Å². The van der Waals surface area contributed by atoms with E-state index in [1.54, 1.807) is 27.7 Å². The summed E-state index contributed by atoms with van der Waals surface area (Å²) in [4.78, 5) is 62.8. The minimum Gasteiger partial charge on any atom is -0.491 e. The van der Waals surface area contributed by atoms with Crippen molar-refractivity contribution in [1.82, 2.24) is 19.6 Å². The van der Waals surface area contributed by atoms with Gasteiger partial charge in [0.1, 0.15) is 73.8 Å². The fourth-order valence-corrected chi connectivity index (χ4v) is 19.1. The first-order chi connectivity index (χ1) is 57.3. The third kappa shape index (κ3) is 23.5. The molecule has 12 aliphatic rings. The Balaban J connectivity index is 0.000000136. The predicted molar refractivity (Wildman–Crippen MR) is 458 cm³/mol. The molecule has 3 saturated carbocycles. The normalized spacial score (nSPS) is 27.6. The second-order valence-electron chi connectivity index (χ2n) is 34.5. The van der Waals surface area contributed by atoms with Gasteiger partial charge in [-0.05, 0) is 168 Å². The second kappa shape index (κ2) is 42.2. The molecule has 4 aliphatic carbocycles. The lowest BCUT2D eigenvalue weighted by Gasteiger charge is -2.35. The zero-order valence-electron chi connectivity index (χ0n) is 72.0. The van der Waals surface area contributed by atoms with Crippen molar-refractivity contribution < 1.29 is 76.0 Å². The van der Waals surface area contributed by atoms with E-state index in [2.05, 4.69) is 101 Å². The van der Waals surface area contributed by atoms with Gasteiger partial charge in [0, 0.05) is 186 Å². The minimum atomic E-state index is -0.636. The van der Waals surface area contributed by atoms with Gasteiger partial charge in [-0.3, -0.25) is 19.2 Å². The quantitative estimate of drug-likeness (QED) is 0.0605. The van der Waals surface area contributed by atoms with Crippen LogP contribution in [0.15, 0.2) is 121 Å². The van der Waals surface area contributed by atoms with E-state index in [0.717, 1.165) is 171 Å². The van der Waals surface area contributed by atoms with Gasteiger partial charge in [0.2, 0.25) is 23.6 Å². The number of carbonyl (C=O) groups is 4.